The van der Waals surface area contributed by atoms with E-state index in [1.54, 1.807) is 4.90 Å². The predicted octanol–water partition coefficient (Wildman–Crippen LogP) is 1.23. The zero-order valence-corrected chi connectivity index (χ0v) is 11.4. The number of carbonyl (C=O) groups excluding carboxylic acids is 1. The Hall–Kier alpha value is -1.10. The Morgan fingerprint density at radius 3 is 2.11 bits per heavy atom. The largest absolute Gasteiger partial charge is 0.480 e. The zero-order chi connectivity index (χ0) is 13.6. The Bertz CT molecular complexity index is 295. The van der Waals surface area contributed by atoms with Crippen LogP contribution in [0.2, 0.25) is 0 Å². The number of hydrogen-bond acceptors (Lipinski definition) is 3. The lowest BCUT2D eigenvalue weighted by Gasteiger charge is -2.38. The van der Waals surface area contributed by atoms with E-state index in [0.29, 0.717) is 12.8 Å². The number of rotatable bonds is 8. The number of amides is 1. The van der Waals surface area contributed by atoms with Crippen LogP contribution in [0, 0.1) is 0 Å². The molecule has 0 aromatic carbocycles. The van der Waals surface area contributed by atoms with Gasteiger partial charge in [0.1, 0.15) is 5.54 Å². The number of carboxylic acid groups (broad SMARTS) is 1. The van der Waals surface area contributed by atoms with Crippen molar-refractivity contribution in [3.05, 3.63) is 0 Å². The third-order valence-corrected chi connectivity index (χ3v) is 3.53. The minimum Gasteiger partial charge on any atom is -0.480 e. The second kappa shape index (κ2) is 6.73. The van der Waals surface area contributed by atoms with Crippen molar-refractivity contribution in [2.75, 3.05) is 19.6 Å². The average molecular weight is 256 g/mol. The van der Waals surface area contributed by atoms with Crippen LogP contribution in [0.5, 0.6) is 0 Å². The van der Waals surface area contributed by atoms with E-state index in [1.165, 1.54) is 0 Å². The molecule has 1 aliphatic rings. The third-order valence-electron chi connectivity index (χ3n) is 3.53. The van der Waals surface area contributed by atoms with Gasteiger partial charge in [0, 0.05) is 13.1 Å². The van der Waals surface area contributed by atoms with Crippen molar-refractivity contribution in [3.8, 4) is 0 Å². The maximum atomic E-state index is 12.0. The first-order chi connectivity index (χ1) is 8.55. The third kappa shape index (κ3) is 3.45. The Morgan fingerprint density at radius 2 is 1.78 bits per heavy atom. The number of nitrogens with zero attached hydrogens (tertiary/aromatic N) is 1. The summed E-state index contributed by atoms with van der Waals surface area (Å²) in [6.45, 7) is 5.69. The van der Waals surface area contributed by atoms with Gasteiger partial charge in [0.05, 0.1) is 6.54 Å². The van der Waals surface area contributed by atoms with Crippen LogP contribution < -0.4 is 5.32 Å². The molecule has 0 atom stereocenters. The molecule has 1 saturated carbocycles. The smallest absolute Gasteiger partial charge is 0.323 e. The van der Waals surface area contributed by atoms with Crippen molar-refractivity contribution in [1.29, 1.82) is 0 Å². The molecule has 1 aliphatic carbocycles. The van der Waals surface area contributed by atoms with Crippen LogP contribution in [-0.4, -0.2) is 47.1 Å². The summed E-state index contributed by atoms with van der Waals surface area (Å²) in [7, 11) is 0. The Morgan fingerprint density at radius 1 is 1.22 bits per heavy atom. The van der Waals surface area contributed by atoms with E-state index in [-0.39, 0.29) is 12.5 Å². The van der Waals surface area contributed by atoms with Crippen LogP contribution in [0.25, 0.3) is 0 Å². The molecule has 5 nitrogen and oxygen atoms in total. The van der Waals surface area contributed by atoms with Crippen molar-refractivity contribution in [2.45, 2.75) is 51.5 Å². The van der Waals surface area contributed by atoms with E-state index in [9.17, 15) is 9.59 Å². The molecule has 5 heteroatoms. The first-order valence-corrected chi connectivity index (χ1v) is 6.82. The van der Waals surface area contributed by atoms with E-state index >= 15 is 0 Å². The first-order valence-electron chi connectivity index (χ1n) is 6.82. The highest BCUT2D eigenvalue weighted by atomic mass is 16.4. The van der Waals surface area contributed by atoms with Gasteiger partial charge in [0.15, 0.2) is 0 Å². The highest BCUT2D eigenvalue weighted by molar-refractivity contribution is 5.83. The normalized spacial score (nSPS) is 17.0. The van der Waals surface area contributed by atoms with Crippen molar-refractivity contribution in [3.63, 3.8) is 0 Å². The minimum absolute atomic E-state index is 0.00576. The van der Waals surface area contributed by atoms with Gasteiger partial charge in [-0.1, -0.05) is 13.8 Å². The molecule has 0 aliphatic heterocycles. The molecule has 1 amide bonds. The van der Waals surface area contributed by atoms with Crippen LogP contribution in [0.4, 0.5) is 0 Å². The van der Waals surface area contributed by atoms with Crippen LogP contribution in [0.1, 0.15) is 46.0 Å². The summed E-state index contributed by atoms with van der Waals surface area (Å²) >= 11 is 0. The molecule has 0 radical (unpaired) electrons. The summed E-state index contributed by atoms with van der Waals surface area (Å²) in [4.78, 5) is 25.0. The maximum Gasteiger partial charge on any atom is 0.323 e. The lowest BCUT2D eigenvalue weighted by atomic mass is 9.77. The summed E-state index contributed by atoms with van der Waals surface area (Å²) in [5.74, 6) is -0.828. The van der Waals surface area contributed by atoms with E-state index in [2.05, 4.69) is 5.32 Å². The van der Waals surface area contributed by atoms with Crippen molar-refractivity contribution >= 4 is 11.9 Å². The van der Waals surface area contributed by atoms with Crippen LogP contribution in [0.15, 0.2) is 0 Å². The van der Waals surface area contributed by atoms with Gasteiger partial charge in [-0.2, -0.15) is 0 Å². The quantitative estimate of drug-likeness (QED) is 0.685. The van der Waals surface area contributed by atoms with Crippen molar-refractivity contribution in [2.24, 2.45) is 0 Å². The Balaban J connectivity index is 2.45. The number of nitrogens with one attached hydrogen (secondary N) is 1. The van der Waals surface area contributed by atoms with Gasteiger partial charge in [-0.15, -0.1) is 0 Å². The Kier molecular flexibility index (Phi) is 5.59. The molecule has 0 unspecified atom stereocenters. The fraction of sp³-hybridized carbons (Fsp3) is 0.846. The molecule has 1 rings (SSSR count). The van der Waals surface area contributed by atoms with E-state index < -0.39 is 11.5 Å². The molecule has 0 saturated heterocycles. The summed E-state index contributed by atoms with van der Waals surface area (Å²) in [6.07, 6.45) is 4.01. The highest BCUT2D eigenvalue weighted by Crippen LogP contribution is 2.31. The number of aliphatic carboxylic acids is 1. The average Bonchev–Trinajstić information content (AvgIpc) is 2.26. The van der Waals surface area contributed by atoms with Gasteiger partial charge in [-0.05, 0) is 32.1 Å². The Labute approximate surface area is 109 Å². The molecule has 104 valence electrons. The molecule has 2 N–H and O–H groups in total. The number of carbonyl (C=O) groups is 2. The van der Waals surface area contributed by atoms with Gasteiger partial charge in [-0.25, -0.2) is 0 Å². The molecule has 0 aromatic rings. The van der Waals surface area contributed by atoms with Crippen LogP contribution in [0.3, 0.4) is 0 Å². The van der Waals surface area contributed by atoms with Gasteiger partial charge < -0.3 is 10.0 Å². The van der Waals surface area contributed by atoms with E-state index in [4.69, 9.17) is 5.11 Å². The zero-order valence-electron chi connectivity index (χ0n) is 11.4. The predicted molar refractivity (Wildman–Crippen MR) is 69.4 cm³/mol. The summed E-state index contributed by atoms with van der Waals surface area (Å²) in [6, 6.07) is 0. The second-order valence-electron chi connectivity index (χ2n) is 4.98. The molecular formula is C13H24N2O3. The standard InChI is InChI=1S/C13H24N2O3/c1-3-8-15(9-4-2)11(16)10-14-13(12(17)18)6-5-7-13/h14H,3-10H2,1-2H3,(H,17,18). The monoisotopic (exact) mass is 256 g/mol. The number of hydrogen-bond donors (Lipinski definition) is 2. The van der Waals surface area contributed by atoms with Crippen LogP contribution >= 0.6 is 0 Å². The molecule has 18 heavy (non-hydrogen) atoms. The molecule has 1 fully saturated rings. The number of carboxylic acids is 1. The fourth-order valence-electron chi connectivity index (χ4n) is 2.25. The fourth-order valence-corrected chi connectivity index (χ4v) is 2.25. The summed E-state index contributed by atoms with van der Waals surface area (Å²) in [5, 5.41) is 12.1. The van der Waals surface area contributed by atoms with Gasteiger partial charge in [-0.3, -0.25) is 14.9 Å². The van der Waals surface area contributed by atoms with E-state index in [1.807, 2.05) is 13.8 Å². The molecular weight excluding hydrogens is 232 g/mol. The molecule has 0 spiro atoms. The maximum absolute atomic E-state index is 12.0. The highest BCUT2D eigenvalue weighted by Gasteiger charge is 2.44. The minimum atomic E-state index is -0.847. The lowest BCUT2D eigenvalue weighted by Crippen LogP contribution is -2.59. The topological polar surface area (TPSA) is 69.6 Å². The second-order valence-corrected chi connectivity index (χ2v) is 4.98. The summed E-state index contributed by atoms with van der Waals surface area (Å²) < 4.78 is 0. The van der Waals surface area contributed by atoms with Crippen LogP contribution in [-0.2, 0) is 9.59 Å². The SMILES string of the molecule is CCCN(CCC)C(=O)CNC1(C(=O)O)CCC1. The molecule has 0 bridgehead atoms. The van der Waals surface area contributed by atoms with Gasteiger partial charge >= 0.3 is 5.97 Å². The summed E-state index contributed by atoms with van der Waals surface area (Å²) in [5.41, 5.74) is -0.847. The van der Waals surface area contributed by atoms with Gasteiger partial charge in [0.2, 0.25) is 5.91 Å². The van der Waals surface area contributed by atoms with Crippen molar-refractivity contribution < 1.29 is 14.7 Å². The van der Waals surface area contributed by atoms with Crippen molar-refractivity contribution in [1.82, 2.24) is 10.2 Å². The molecule has 0 heterocycles. The first kappa shape index (κ1) is 15.0. The molecule has 0 aromatic heterocycles. The van der Waals surface area contributed by atoms with E-state index in [0.717, 1.165) is 32.4 Å². The van der Waals surface area contributed by atoms with Gasteiger partial charge in [0.25, 0.3) is 0 Å². The lowest BCUT2D eigenvalue weighted by molar-refractivity contribution is -0.149.